The van der Waals surface area contributed by atoms with Crippen LogP contribution in [0.5, 0.6) is 0 Å². The van der Waals surface area contributed by atoms with Crippen molar-refractivity contribution in [3.05, 3.63) is 58.8 Å². The maximum Gasteiger partial charge on any atom is 0.305 e. The van der Waals surface area contributed by atoms with E-state index in [2.05, 4.69) is 17.2 Å². The zero-order valence-electron chi connectivity index (χ0n) is 22.0. The van der Waals surface area contributed by atoms with Gasteiger partial charge in [0.2, 0.25) is 5.91 Å². The number of ether oxygens (including phenoxy) is 1. The molecule has 10 nitrogen and oxygen atoms in total. The van der Waals surface area contributed by atoms with Gasteiger partial charge in [-0.25, -0.2) is 19.6 Å². The van der Waals surface area contributed by atoms with Crippen molar-refractivity contribution < 1.29 is 14.3 Å². The minimum atomic E-state index is -1.07. The Bertz CT molecular complexity index is 1540. The van der Waals surface area contributed by atoms with Crippen molar-refractivity contribution in [3.63, 3.8) is 0 Å². The molecule has 1 aromatic carbocycles. The first-order valence-electron chi connectivity index (χ1n) is 12.8. The predicted molar refractivity (Wildman–Crippen MR) is 144 cm³/mol. The lowest BCUT2D eigenvalue weighted by molar-refractivity contribution is -0.140. The largest absolute Gasteiger partial charge is 0.469 e. The molecule has 1 amide bonds. The Hall–Kier alpha value is -4.34. The zero-order chi connectivity index (χ0) is 27.0. The van der Waals surface area contributed by atoms with Crippen LogP contribution in [0.3, 0.4) is 0 Å². The van der Waals surface area contributed by atoms with E-state index in [-0.39, 0.29) is 24.1 Å². The molecule has 0 fully saturated rings. The molecule has 1 aliphatic rings. The number of aryl methyl sites for hydroxylation is 3. The lowest BCUT2D eigenvalue weighted by atomic mass is 9.77. The van der Waals surface area contributed by atoms with Crippen LogP contribution in [0.15, 0.2) is 36.4 Å². The maximum atomic E-state index is 13.3. The van der Waals surface area contributed by atoms with Crippen molar-refractivity contribution in [1.29, 1.82) is 0 Å². The molecule has 0 saturated carbocycles. The summed E-state index contributed by atoms with van der Waals surface area (Å²) in [6.45, 7) is 6.63. The van der Waals surface area contributed by atoms with Crippen LogP contribution in [0.4, 0.5) is 11.6 Å². The van der Waals surface area contributed by atoms with E-state index in [1.54, 1.807) is 0 Å². The van der Waals surface area contributed by atoms with Gasteiger partial charge in [-0.1, -0.05) is 37.6 Å². The van der Waals surface area contributed by atoms with Gasteiger partial charge in [0.25, 0.3) is 0 Å². The number of methoxy groups -OCH3 is 1. The Morgan fingerprint density at radius 1 is 1.13 bits per heavy atom. The highest BCUT2D eigenvalue weighted by molar-refractivity contribution is 6.09. The third-order valence-corrected chi connectivity index (χ3v) is 7.17. The van der Waals surface area contributed by atoms with Crippen molar-refractivity contribution in [1.82, 2.24) is 24.7 Å². The summed E-state index contributed by atoms with van der Waals surface area (Å²) in [6.07, 6.45) is 2.84. The summed E-state index contributed by atoms with van der Waals surface area (Å²) >= 11 is 0. The number of benzene rings is 1. The van der Waals surface area contributed by atoms with E-state index in [9.17, 15) is 9.59 Å². The van der Waals surface area contributed by atoms with Crippen LogP contribution in [0.2, 0.25) is 0 Å². The molecule has 3 N–H and O–H groups in total. The fourth-order valence-electron chi connectivity index (χ4n) is 4.92. The van der Waals surface area contributed by atoms with Gasteiger partial charge in [-0.2, -0.15) is 5.10 Å². The van der Waals surface area contributed by atoms with Gasteiger partial charge in [0.1, 0.15) is 22.7 Å². The van der Waals surface area contributed by atoms with E-state index in [0.717, 1.165) is 47.2 Å². The van der Waals surface area contributed by atoms with E-state index in [1.165, 1.54) is 7.11 Å². The summed E-state index contributed by atoms with van der Waals surface area (Å²) in [5.74, 6) is 0.446. The van der Waals surface area contributed by atoms with Gasteiger partial charge in [0.15, 0.2) is 11.5 Å². The molecule has 1 unspecified atom stereocenters. The zero-order valence-corrected chi connectivity index (χ0v) is 22.0. The van der Waals surface area contributed by atoms with E-state index in [4.69, 9.17) is 25.5 Å². The number of nitrogens with two attached hydrogens (primary N) is 1. The smallest absolute Gasteiger partial charge is 0.305 e. The molecule has 0 radical (unpaired) electrons. The number of amides is 1. The van der Waals surface area contributed by atoms with Crippen LogP contribution in [-0.2, 0) is 32.7 Å². The number of unbranched alkanes of at least 4 members (excludes halogenated alkanes) is 1. The second-order valence-electron chi connectivity index (χ2n) is 9.76. The molecule has 3 aromatic heterocycles. The summed E-state index contributed by atoms with van der Waals surface area (Å²) in [5, 5.41) is 8.54. The monoisotopic (exact) mass is 513 g/mol. The number of hydrogen-bond donors (Lipinski definition) is 2. The van der Waals surface area contributed by atoms with Gasteiger partial charge < -0.3 is 15.8 Å². The number of nitrogens with one attached hydrogen (secondary N) is 1. The number of rotatable bonds is 8. The molecule has 196 valence electrons. The first-order chi connectivity index (χ1) is 18.3. The molecular weight excluding hydrogens is 482 g/mol. The number of pyridine rings is 1. The number of nitrogen functional groups attached to an aromatic ring is 1. The van der Waals surface area contributed by atoms with Gasteiger partial charge >= 0.3 is 5.97 Å². The number of carbonyl (C=O) groups excluding carboxylic acids is 2. The SMILES string of the molecule is CCCCn1nc(-c2nc(N)c3c(n2)NC(=O)C3(C)c2ccc(CCC(=O)OC)cc2)c2ccc(C)nc21. The molecule has 4 heterocycles. The highest BCUT2D eigenvalue weighted by Crippen LogP contribution is 2.45. The van der Waals surface area contributed by atoms with Crippen molar-refractivity contribution in [2.75, 3.05) is 18.2 Å². The molecule has 10 heteroatoms. The van der Waals surface area contributed by atoms with Crippen molar-refractivity contribution in [2.45, 2.75) is 58.4 Å². The Morgan fingerprint density at radius 3 is 2.61 bits per heavy atom. The van der Waals surface area contributed by atoms with Crippen LogP contribution in [0.1, 0.15) is 55.5 Å². The molecular formula is C28H31N7O3. The molecule has 0 bridgehead atoms. The predicted octanol–water partition coefficient (Wildman–Crippen LogP) is 3.94. The van der Waals surface area contributed by atoms with Crippen molar-refractivity contribution in [2.24, 2.45) is 0 Å². The van der Waals surface area contributed by atoms with Crippen LogP contribution < -0.4 is 11.1 Å². The Labute approximate surface area is 220 Å². The van der Waals surface area contributed by atoms with Gasteiger partial charge in [-0.3, -0.25) is 9.59 Å². The van der Waals surface area contributed by atoms with Crippen LogP contribution in [-0.4, -0.2) is 43.7 Å². The topological polar surface area (TPSA) is 138 Å². The fourth-order valence-corrected chi connectivity index (χ4v) is 4.92. The Morgan fingerprint density at radius 2 is 1.89 bits per heavy atom. The standard InChI is InChI=1S/C28H31N7O3/c1-5-6-15-35-26-19(13-7-16(2)30-26)22(34-35)25-31-23(29)21-24(32-25)33-27(37)28(21,3)18-11-8-17(9-12-18)10-14-20(36)38-4/h7-9,11-13H,5-6,10,14-15H2,1-4H3,(H3,29,31,32,33,37). The van der Waals surface area contributed by atoms with Crippen LogP contribution >= 0.6 is 0 Å². The number of carbonyl (C=O) groups is 2. The highest BCUT2D eigenvalue weighted by atomic mass is 16.5. The molecule has 0 saturated heterocycles. The molecule has 38 heavy (non-hydrogen) atoms. The maximum absolute atomic E-state index is 13.3. The summed E-state index contributed by atoms with van der Waals surface area (Å²) in [7, 11) is 1.37. The number of esters is 1. The van der Waals surface area contributed by atoms with E-state index >= 15 is 0 Å². The van der Waals surface area contributed by atoms with Crippen LogP contribution in [0.25, 0.3) is 22.6 Å². The summed E-state index contributed by atoms with van der Waals surface area (Å²) in [6, 6.07) is 11.5. The third-order valence-electron chi connectivity index (χ3n) is 7.17. The molecule has 1 aliphatic heterocycles. The van der Waals surface area contributed by atoms with Crippen molar-refractivity contribution >= 4 is 34.5 Å². The lowest BCUT2D eigenvalue weighted by Gasteiger charge is -2.23. The number of anilines is 2. The Kier molecular flexibility index (Phi) is 6.56. The molecule has 1 atom stereocenters. The van der Waals surface area contributed by atoms with E-state index < -0.39 is 5.41 Å². The van der Waals surface area contributed by atoms with Crippen LogP contribution in [0, 0.1) is 6.92 Å². The molecule has 5 rings (SSSR count). The van der Waals surface area contributed by atoms with Gasteiger partial charge in [0.05, 0.1) is 18.1 Å². The average molecular weight is 514 g/mol. The second-order valence-corrected chi connectivity index (χ2v) is 9.76. The van der Waals surface area contributed by atoms with Gasteiger partial charge in [0, 0.05) is 18.7 Å². The van der Waals surface area contributed by atoms with Crippen molar-refractivity contribution in [3.8, 4) is 11.5 Å². The summed E-state index contributed by atoms with van der Waals surface area (Å²) in [5.41, 5.74) is 9.97. The minimum Gasteiger partial charge on any atom is -0.469 e. The van der Waals surface area contributed by atoms with Gasteiger partial charge in [-0.15, -0.1) is 0 Å². The van der Waals surface area contributed by atoms with E-state index in [0.29, 0.717) is 29.3 Å². The lowest BCUT2D eigenvalue weighted by Crippen LogP contribution is -2.33. The number of fused-ring (bicyclic) bond motifs is 2. The first-order valence-corrected chi connectivity index (χ1v) is 12.8. The first kappa shape index (κ1) is 25.3. The third kappa shape index (κ3) is 4.25. The molecule has 0 aliphatic carbocycles. The molecule has 4 aromatic rings. The minimum absolute atomic E-state index is 0.219. The van der Waals surface area contributed by atoms with Gasteiger partial charge in [-0.05, 0) is 49.9 Å². The normalized spacial score (nSPS) is 16.5. The average Bonchev–Trinajstić information content (AvgIpc) is 3.40. The summed E-state index contributed by atoms with van der Waals surface area (Å²) in [4.78, 5) is 38.9. The number of nitrogens with zero attached hydrogens (tertiary/aromatic N) is 5. The summed E-state index contributed by atoms with van der Waals surface area (Å²) < 4.78 is 6.61. The van der Waals surface area contributed by atoms with E-state index in [1.807, 2.05) is 54.9 Å². The fraction of sp³-hybridized carbons (Fsp3) is 0.357. The molecule has 0 spiro atoms. The number of hydrogen-bond acceptors (Lipinski definition) is 8. The highest BCUT2D eigenvalue weighted by Gasteiger charge is 2.47. The Balaban J connectivity index is 1.53. The number of aromatic nitrogens is 5. The quantitative estimate of drug-likeness (QED) is 0.338. The second kappa shape index (κ2) is 9.85.